The van der Waals surface area contributed by atoms with Gasteiger partial charge in [0.2, 0.25) is 0 Å². The van der Waals surface area contributed by atoms with E-state index in [4.69, 9.17) is 16.6 Å². The summed E-state index contributed by atoms with van der Waals surface area (Å²) in [6.45, 7) is 5.65. The molecule has 3 aromatic rings. The molecule has 0 aliphatic carbocycles. The van der Waals surface area contributed by atoms with E-state index in [-0.39, 0.29) is 22.0 Å². The van der Waals surface area contributed by atoms with Crippen molar-refractivity contribution < 1.29 is 23.9 Å². The second kappa shape index (κ2) is 8.48. The quantitative estimate of drug-likeness (QED) is 0.340. The Kier molecular flexibility index (Phi) is 5.69. The van der Waals surface area contributed by atoms with Crippen LogP contribution >= 0.6 is 12.2 Å². The van der Waals surface area contributed by atoms with Gasteiger partial charge in [0.15, 0.2) is 5.11 Å². The number of carbonyl (C=O) groups is 3. The van der Waals surface area contributed by atoms with Crippen LogP contribution in [0, 0.1) is 20.8 Å². The predicted octanol–water partition coefficient (Wildman–Crippen LogP) is 4.40. The van der Waals surface area contributed by atoms with Crippen molar-refractivity contribution in [1.29, 1.82) is 0 Å². The minimum Gasteiger partial charge on any atom is -0.478 e. The van der Waals surface area contributed by atoms with Crippen LogP contribution in [-0.4, -0.2) is 28.0 Å². The van der Waals surface area contributed by atoms with Crippen molar-refractivity contribution in [2.75, 3.05) is 4.90 Å². The van der Waals surface area contributed by atoms with E-state index in [9.17, 15) is 19.5 Å². The second-order valence-corrected chi connectivity index (χ2v) is 8.17. The summed E-state index contributed by atoms with van der Waals surface area (Å²) in [5.41, 5.74) is 3.91. The molecule has 7 nitrogen and oxygen atoms in total. The van der Waals surface area contributed by atoms with E-state index >= 15 is 0 Å². The number of benzene rings is 2. The highest BCUT2D eigenvalue weighted by atomic mass is 32.1. The fourth-order valence-electron chi connectivity index (χ4n) is 3.67. The van der Waals surface area contributed by atoms with Gasteiger partial charge in [-0.15, -0.1) is 0 Å². The molecule has 0 saturated carbocycles. The molecule has 0 atom stereocenters. The number of thiocarbonyl (C=S) groups is 1. The van der Waals surface area contributed by atoms with Crippen LogP contribution in [-0.2, 0) is 9.59 Å². The maximum Gasteiger partial charge on any atom is 0.335 e. The SMILES string of the molecule is Cc1ccc(N2C(=O)/C(=C/c3ccc(-c4cc(C(=O)O)ccc4C)o3)C(=O)NC2=S)c(C)c1. The molecule has 8 heteroatoms. The van der Waals surface area contributed by atoms with Gasteiger partial charge in [-0.2, -0.15) is 0 Å². The molecule has 2 heterocycles. The van der Waals surface area contributed by atoms with E-state index in [0.717, 1.165) is 16.7 Å². The summed E-state index contributed by atoms with van der Waals surface area (Å²) in [5.74, 6) is -1.52. The van der Waals surface area contributed by atoms with E-state index in [2.05, 4.69) is 5.32 Å². The summed E-state index contributed by atoms with van der Waals surface area (Å²) < 4.78 is 5.84. The number of hydrogen-bond donors (Lipinski definition) is 2. The fourth-order valence-corrected chi connectivity index (χ4v) is 3.94. The summed E-state index contributed by atoms with van der Waals surface area (Å²) in [6.07, 6.45) is 1.36. The first-order chi connectivity index (χ1) is 15.7. The normalized spacial score (nSPS) is 15.2. The van der Waals surface area contributed by atoms with E-state index < -0.39 is 17.8 Å². The number of carboxylic acid groups (broad SMARTS) is 1. The molecule has 2 aromatic carbocycles. The molecule has 1 aliphatic heterocycles. The summed E-state index contributed by atoms with van der Waals surface area (Å²) in [6, 6.07) is 13.6. The molecule has 1 aromatic heterocycles. The summed E-state index contributed by atoms with van der Waals surface area (Å²) in [7, 11) is 0. The zero-order chi connectivity index (χ0) is 23.9. The third kappa shape index (κ3) is 4.20. The van der Waals surface area contributed by atoms with Crippen molar-refractivity contribution >= 4 is 46.9 Å². The van der Waals surface area contributed by atoms with Gasteiger partial charge in [0.25, 0.3) is 11.8 Å². The number of carbonyl (C=O) groups excluding carboxylic acids is 2. The molecular formula is C25H20N2O5S. The van der Waals surface area contributed by atoms with E-state index in [1.807, 2.05) is 32.9 Å². The molecule has 33 heavy (non-hydrogen) atoms. The van der Waals surface area contributed by atoms with Gasteiger partial charge in [0, 0.05) is 5.56 Å². The molecule has 0 unspecified atom stereocenters. The smallest absolute Gasteiger partial charge is 0.335 e. The Balaban J connectivity index is 1.71. The minimum atomic E-state index is -1.04. The lowest BCUT2D eigenvalue weighted by molar-refractivity contribution is -0.122. The van der Waals surface area contributed by atoms with Crippen LogP contribution in [0.2, 0.25) is 0 Å². The molecule has 166 valence electrons. The molecule has 0 radical (unpaired) electrons. The number of hydrogen-bond acceptors (Lipinski definition) is 5. The van der Waals surface area contributed by atoms with Crippen molar-refractivity contribution in [3.63, 3.8) is 0 Å². The number of furan rings is 1. The van der Waals surface area contributed by atoms with E-state index in [1.165, 1.54) is 23.1 Å². The van der Waals surface area contributed by atoms with Gasteiger partial charge in [0.1, 0.15) is 17.1 Å². The standard InChI is InChI=1S/C25H20N2O5S/c1-13-4-8-20(15(3)10-13)27-23(29)19(22(28)26-25(27)33)12-17-7-9-21(32-17)18-11-16(24(30)31)6-5-14(18)2/h4-12H,1-3H3,(H,30,31)(H,26,28,33)/b19-12+. The van der Waals surface area contributed by atoms with Gasteiger partial charge in [-0.25, -0.2) is 4.79 Å². The third-order valence-electron chi connectivity index (χ3n) is 5.36. The molecule has 1 fully saturated rings. The fraction of sp³-hybridized carbons (Fsp3) is 0.120. The van der Waals surface area contributed by atoms with Crippen LogP contribution in [0.25, 0.3) is 17.4 Å². The number of nitrogens with one attached hydrogen (secondary N) is 1. The molecule has 2 N–H and O–H groups in total. The first-order valence-electron chi connectivity index (χ1n) is 10.1. The molecule has 2 amide bonds. The number of amides is 2. The van der Waals surface area contributed by atoms with Gasteiger partial charge in [0.05, 0.1) is 11.3 Å². The zero-order valence-electron chi connectivity index (χ0n) is 18.1. The largest absolute Gasteiger partial charge is 0.478 e. The van der Waals surface area contributed by atoms with Crippen LogP contribution in [0.5, 0.6) is 0 Å². The topological polar surface area (TPSA) is 99.8 Å². The summed E-state index contributed by atoms with van der Waals surface area (Å²) in [5, 5.41) is 11.8. The van der Waals surface area contributed by atoms with Crippen molar-refractivity contribution in [2.24, 2.45) is 0 Å². The second-order valence-electron chi connectivity index (χ2n) is 7.78. The van der Waals surface area contributed by atoms with Gasteiger partial charge in [-0.3, -0.25) is 19.8 Å². The van der Waals surface area contributed by atoms with Crippen LogP contribution in [0.15, 0.2) is 58.5 Å². The maximum atomic E-state index is 13.2. The number of carboxylic acids is 1. The van der Waals surface area contributed by atoms with Gasteiger partial charge in [-0.1, -0.05) is 23.8 Å². The molecule has 0 spiro atoms. The molecule has 0 bridgehead atoms. The van der Waals surface area contributed by atoms with Crippen molar-refractivity contribution in [1.82, 2.24) is 5.32 Å². The van der Waals surface area contributed by atoms with Crippen LogP contribution < -0.4 is 10.2 Å². The highest BCUT2D eigenvalue weighted by molar-refractivity contribution is 7.80. The Labute approximate surface area is 195 Å². The minimum absolute atomic E-state index is 0.00958. The van der Waals surface area contributed by atoms with Crippen molar-refractivity contribution in [3.8, 4) is 11.3 Å². The number of rotatable bonds is 4. The average molecular weight is 461 g/mol. The number of aromatic carboxylic acids is 1. The monoisotopic (exact) mass is 460 g/mol. The van der Waals surface area contributed by atoms with Gasteiger partial charge >= 0.3 is 5.97 Å². The predicted molar refractivity (Wildman–Crippen MR) is 128 cm³/mol. The first kappa shape index (κ1) is 22.2. The number of aryl methyl sites for hydroxylation is 3. The summed E-state index contributed by atoms with van der Waals surface area (Å²) >= 11 is 5.26. The van der Waals surface area contributed by atoms with Gasteiger partial charge < -0.3 is 9.52 Å². The third-order valence-corrected chi connectivity index (χ3v) is 5.64. The van der Waals surface area contributed by atoms with E-state index in [1.54, 1.807) is 24.3 Å². The number of nitrogens with zero attached hydrogens (tertiary/aromatic N) is 1. The number of anilines is 1. The molecular weight excluding hydrogens is 440 g/mol. The Morgan fingerprint density at radius 3 is 2.48 bits per heavy atom. The molecule has 1 saturated heterocycles. The highest BCUT2D eigenvalue weighted by Gasteiger charge is 2.35. The zero-order valence-corrected chi connectivity index (χ0v) is 18.9. The lowest BCUT2D eigenvalue weighted by atomic mass is 10.0. The Hall–Kier alpha value is -4.04. The first-order valence-corrected chi connectivity index (χ1v) is 10.5. The molecule has 4 rings (SSSR count). The van der Waals surface area contributed by atoms with Crippen LogP contribution in [0.4, 0.5) is 5.69 Å². The van der Waals surface area contributed by atoms with Crippen LogP contribution in [0.1, 0.15) is 32.8 Å². The lowest BCUT2D eigenvalue weighted by Gasteiger charge is -2.30. The van der Waals surface area contributed by atoms with Gasteiger partial charge in [-0.05, 0) is 80.5 Å². The Morgan fingerprint density at radius 2 is 1.79 bits per heavy atom. The summed E-state index contributed by atoms with van der Waals surface area (Å²) in [4.78, 5) is 38.4. The maximum absolute atomic E-state index is 13.2. The van der Waals surface area contributed by atoms with Crippen LogP contribution in [0.3, 0.4) is 0 Å². The highest BCUT2D eigenvalue weighted by Crippen LogP contribution is 2.29. The Morgan fingerprint density at radius 1 is 1.03 bits per heavy atom. The van der Waals surface area contributed by atoms with E-state index in [0.29, 0.717) is 17.0 Å². The molecule has 1 aliphatic rings. The van der Waals surface area contributed by atoms with Crippen molar-refractivity contribution in [3.05, 3.63) is 82.1 Å². The Bertz CT molecular complexity index is 1370. The lowest BCUT2D eigenvalue weighted by Crippen LogP contribution is -2.54. The van der Waals surface area contributed by atoms with Crippen molar-refractivity contribution in [2.45, 2.75) is 20.8 Å². The average Bonchev–Trinajstić information content (AvgIpc) is 3.21.